The first kappa shape index (κ1) is 19.4. The van der Waals surface area contributed by atoms with Crippen molar-refractivity contribution in [3.8, 4) is 11.3 Å². The van der Waals surface area contributed by atoms with Gasteiger partial charge < -0.3 is 10.3 Å². The van der Waals surface area contributed by atoms with Crippen molar-refractivity contribution in [2.75, 3.05) is 18.4 Å². The molecule has 0 bridgehead atoms. The number of carbonyl (C=O) groups is 1. The lowest BCUT2D eigenvalue weighted by molar-refractivity contribution is -0.121. The van der Waals surface area contributed by atoms with Gasteiger partial charge in [0.2, 0.25) is 5.91 Å². The monoisotopic (exact) mass is 392 g/mol. The van der Waals surface area contributed by atoms with E-state index in [1.807, 2.05) is 30.3 Å². The third kappa shape index (κ3) is 4.56. The summed E-state index contributed by atoms with van der Waals surface area (Å²) in [6.45, 7) is 6.87. The summed E-state index contributed by atoms with van der Waals surface area (Å²) >= 11 is 0. The molecular formula is C22H28N6O. The standard InChI is InChI=1S/C22H28N6O/c1-3-21-24-15(2)20(26-21)14-28-11-8-16(9-12-28)22(29)25-18-6-4-5-17(13-18)19-7-10-23-27-19/h4-7,10,13,16H,3,8-9,11-12,14H2,1-2H3,(H,23,27)(H,24,26)(H,25,29). The van der Waals surface area contributed by atoms with Crippen LogP contribution in [0, 0.1) is 12.8 Å². The van der Waals surface area contributed by atoms with Gasteiger partial charge in [-0.1, -0.05) is 19.1 Å². The van der Waals surface area contributed by atoms with Crippen LogP contribution in [0.25, 0.3) is 11.3 Å². The molecule has 152 valence electrons. The molecule has 1 aliphatic rings. The quantitative estimate of drug-likeness (QED) is 0.599. The smallest absolute Gasteiger partial charge is 0.227 e. The molecule has 0 spiro atoms. The summed E-state index contributed by atoms with van der Waals surface area (Å²) in [5.41, 5.74) is 5.05. The van der Waals surface area contributed by atoms with E-state index in [1.54, 1.807) is 6.20 Å². The number of carbonyl (C=O) groups excluding carboxylic acids is 1. The van der Waals surface area contributed by atoms with Crippen LogP contribution in [-0.2, 0) is 17.8 Å². The number of amides is 1. The van der Waals surface area contributed by atoms with Gasteiger partial charge in [-0.2, -0.15) is 5.10 Å². The largest absolute Gasteiger partial charge is 0.346 e. The number of aromatic nitrogens is 4. The van der Waals surface area contributed by atoms with Gasteiger partial charge in [0.25, 0.3) is 0 Å². The number of anilines is 1. The molecule has 1 fully saturated rings. The zero-order valence-corrected chi connectivity index (χ0v) is 17.0. The van der Waals surface area contributed by atoms with Gasteiger partial charge in [-0.15, -0.1) is 0 Å². The maximum absolute atomic E-state index is 12.8. The van der Waals surface area contributed by atoms with E-state index in [1.165, 1.54) is 0 Å². The number of aryl methyl sites for hydroxylation is 2. The molecule has 0 saturated carbocycles. The Morgan fingerprint density at radius 2 is 2.10 bits per heavy atom. The molecule has 7 heteroatoms. The predicted molar refractivity (Wildman–Crippen MR) is 113 cm³/mol. The first-order valence-electron chi connectivity index (χ1n) is 10.3. The molecule has 7 nitrogen and oxygen atoms in total. The number of hydrogen-bond acceptors (Lipinski definition) is 4. The van der Waals surface area contributed by atoms with E-state index in [4.69, 9.17) is 0 Å². The highest BCUT2D eigenvalue weighted by atomic mass is 16.1. The summed E-state index contributed by atoms with van der Waals surface area (Å²) in [7, 11) is 0. The van der Waals surface area contributed by atoms with Gasteiger partial charge in [-0.3, -0.25) is 14.8 Å². The average Bonchev–Trinajstić information content (AvgIpc) is 3.39. The summed E-state index contributed by atoms with van der Waals surface area (Å²) < 4.78 is 0. The molecule has 3 N–H and O–H groups in total. The molecule has 3 heterocycles. The predicted octanol–water partition coefficient (Wildman–Crippen LogP) is 3.52. The number of nitrogens with one attached hydrogen (secondary N) is 3. The van der Waals surface area contributed by atoms with Crippen LogP contribution in [0.5, 0.6) is 0 Å². The van der Waals surface area contributed by atoms with Crippen LogP contribution in [0.4, 0.5) is 5.69 Å². The van der Waals surface area contributed by atoms with E-state index < -0.39 is 0 Å². The van der Waals surface area contributed by atoms with Gasteiger partial charge >= 0.3 is 0 Å². The highest BCUT2D eigenvalue weighted by Crippen LogP contribution is 2.24. The maximum Gasteiger partial charge on any atom is 0.227 e. The Labute approximate surface area is 170 Å². The van der Waals surface area contributed by atoms with Crippen LogP contribution in [0.3, 0.4) is 0 Å². The number of aromatic amines is 2. The Hall–Kier alpha value is -2.93. The van der Waals surface area contributed by atoms with Crippen molar-refractivity contribution >= 4 is 11.6 Å². The van der Waals surface area contributed by atoms with E-state index in [0.717, 1.165) is 73.1 Å². The second-order valence-corrected chi connectivity index (χ2v) is 7.70. The number of hydrogen-bond donors (Lipinski definition) is 3. The second-order valence-electron chi connectivity index (χ2n) is 7.70. The number of benzene rings is 1. The van der Waals surface area contributed by atoms with Crippen LogP contribution in [0.1, 0.15) is 37.0 Å². The SMILES string of the molecule is CCc1nc(CN2CCC(C(=O)Nc3cccc(-c4ccn[nH]4)c3)CC2)c(C)[nH]1. The fourth-order valence-corrected chi connectivity index (χ4v) is 3.88. The van der Waals surface area contributed by atoms with Crippen molar-refractivity contribution in [2.45, 2.75) is 39.7 Å². The lowest BCUT2D eigenvalue weighted by atomic mass is 9.95. The van der Waals surface area contributed by atoms with Crippen molar-refractivity contribution in [1.82, 2.24) is 25.1 Å². The molecule has 0 aliphatic carbocycles. The topological polar surface area (TPSA) is 89.7 Å². The third-order valence-corrected chi connectivity index (χ3v) is 5.64. The Morgan fingerprint density at radius 1 is 1.28 bits per heavy atom. The zero-order chi connectivity index (χ0) is 20.2. The molecular weight excluding hydrogens is 364 g/mol. The molecule has 29 heavy (non-hydrogen) atoms. The molecule has 1 amide bonds. The molecule has 1 aliphatic heterocycles. The van der Waals surface area contributed by atoms with Crippen LogP contribution in [-0.4, -0.2) is 44.1 Å². The minimum Gasteiger partial charge on any atom is -0.346 e. The first-order chi connectivity index (χ1) is 14.1. The van der Waals surface area contributed by atoms with Crippen LogP contribution >= 0.6 is 0 Å². The fraction of sp³-hybridized carbons (Fsp3) is 0.409. The zero-order valence-electron chi connectivity index (χ0n) is 17.0. The lowest BCUT2D eigenvalue weighted by Gasteiger charge is -2.30. The van der Waals surface area contributed by atoms with E-state index in [-0.39, 0.29) is 11.8 Å². The van der Waals surface area contributed by atoms with E-state index in [9.17, 15) is 4.79 Å². The number of imidazole rings is 1. The minimum absolute atomic E-state index is 0.0496. The van der Waals surface area contributed by atoms with Crippen molar-refractivity contribution in [2.24, 2.45) is 5.92 Å². The Kier molecular flexibility index (Phi) is 5.76. The Balaban J connectivity index is 1.31. The number of H-pyrrole nitrogens is 2. The van der Waals surface area contributed by atoms with Crippen LogP contribution < -0.4 is 5.32 Å². The number of rotatable bonds is 6. The van der Waals surface area contributed by atoms with Gasteiger partial charge in [0.05, 0.1) is 11.4 Å². The number of nitrogens with zero attached hydrogens (tertiary/aromatic N) is 3. The summed E-state index contributed by atoms with van der Waals surface area (Å²) in [5.74, 6) is 1.20. The van der Waals surface area contributed by atoms with Gasteiger partial charge in [-0.25, -0.2) is 4.98 Å². The summed E-state index contributed by atoms with van der Waals surface area (Å²) in [6.07, 6.45) is 4.39. The van der Waals surface area contributed by atoms with Crippen LogP contribution in [0.15, 0.2) is 36.5 Å². The molecule has 2 aromatic heterocycles. The van der Waals surface area contributed by atoms with Gasteiger partial charge in [0.1, 0.15) is 5.82 Å². The molecule has 0 atom stereocenters. The van der Waals surface area contributed by atoms with Gasteiger partial charge in [0.15, 0.2) is 0 Å². The van der Waals surface area contributed by atoms with E-state index >= 15 is 0 Å². The highest BCUT2D eigenvalue weighted by molar-refractivity contribution is 5.93. The van der Waals surface area contributed by atoms with E-state index in [0.29, 0.717) is 0 Å². The molecule has 1 saturated heterocycles. The molecule has 1 aromatic carbocycles. The third-order valence-electron chi connectivity index (χ3n) is 5.64. The summed E-state index contributed by atoms with van der Waals surface area (Å²) in [6, 6.07) is 9.78. The van der Waals surface area contributed by atoms with Crippen molar-refractivity contribution in [3.63, 3.8) is 0 Å². The minimum atomic E-state index is 0.0496. The maximum atomic E-state index is 12.8. The Bertz CT molecular complexity index is 954. The van der Waals surface area contributed by atoms with Gasteiger partial charge in [0, 0.05) is 42.0 Å². The first-order valence-corrected chi connectivity index (χ1v) is 10.3. The number of piperidine rings is 1. The van der Waals surface area contributed by atoms with E-state index in [2.05, 4.69) is 44.2 Å². The molecule has 0 unspecified atom stereocenters. The molecule has 4 rings (SSSR count). The van der Waals surface area contributed by atoms with Gasteiger partial charge in [-0.05, 0) is 51.1 Å². The number of likely N-dealkylation sites (tertiary alicyclic amines) is 1. The lowest BCUT2D eigenvalue weighted by Crippen LogP contribution is -2.38. The normalized spacial score (nSPS) is 15.5. The summed E-state index contributed by atoms with van der Waals surface area (Å²) in [5, 5.41) is 10.0. The second kappa shape index (κ2) is 8.61. The van der Waals surface area contributed by atoms with Crippen molar-refractivity contribution in [1.29, 1.82) is 0 Å². The summed E-state index contributed by atoms with van der Waals surface area (Å²) in [4.78, 5) is 23.2. The van der Waals surface area contributed by atoms with Crippen LogP contribution in [0.2, 0.25) is 0 Å². The highest BCUT2D eigenvalue weighted by Gasteiger charge is 2.25. The van der Waals surface area contributed by atoms with Crippen molar-refractivity contribution in [3.05, 3.63) is 53.7 Å². The average molecular weight is 393 g/mol. The molecule has 0 radical (unpaired) electrons. The van der Waals surface area contributed by atoms with Crippen molar-refractivity contribution < 1.29 is 4.79 Å². The molecule has 3 aromatic rings. The fourth-order valence-electron chi connectivity index (χ4n) is 3.88. The Morgan fingerprint density at radius 3 is 2.79 bits per heavy atom.